The molecule has 2 N–H and O–H groups in total. The Kier molecular flexibility index (Phi) is 4.46. The lowest BCUT2D eigenvalue weighted by atomic mass is 10.1. The third kappa shape index (κ3) is 3.37. The van der Waals surface area contributed by atoms with Crippen LogP contribution in [0.4, 0.5) is 5.69 Å². The van der Waals surface area contributed by atoms with Crippen molar-refractivity contribution < 1.29 is 4.79 Å². The number of hydrogen-bond acceptors (Lipinski definition) is 3. The molecule has 0 saturated carbocycles. The molecule has 0 aliphatic heterocycles. The number of carbonyl (C=O) groups is 1. The Morgan fingerprint density at radius 3 is 2.58 bits per heavy atom. The van der Waals surface area contributed by atoms with Gasteiger partial charge in [0.05, 0.1) is 0 Å². The van der Waals surface area contributed by atoms with E-state index in [1.165, 1.54) is 0 Å². The number of carbonyl (C=O) groups excluding carboxylic acids is 1. The molecule has 0 saturated heterocycles. The van der Waals surface area contributed by atoms with Crippen molar-refractivity contribution in [2.45, 2.75) is 32.7 Å². The third-order valence-electron chi connectivity index (χ3n) is 3.89. The molecular formula is C18H21N5O. The number of nitrogens with zero attached hydrogens (tertiary/aromatic N) is 3. The van der Waals surface area contributed by atoms with Crippen molar-refractivity contribution in [1.29, 1.82) is 0 Å². The van der Waals surface area contributed by atoms with Gasteiger partial charge >= 0.3 is 0 Å². The van der Waals surface area contributed by atoms with E-state index in [9.17, 15) is 4.79 Å². The fourth-order valence-corrected chi connectivity index (χ4v) is 2.39. The van der Waals surface area contributed by atoms with Gasteiger partial charge in [0, 0.05) is 29.6 Å². The maximum Gasteiger partial charge on any atom is 0.247 e. The zero-order valence-corrected chi connectivity index (χ0v) is 14.0. The molecule has 0 bridgehead atoms. The minimum Gasteiger partial charge on any atom is -0.342 e. The number of nitrogens with one attached hydrogen (secondary N) is 2. The Bertz CT molecular complexity index is 820. The number of H-pyrrole nitrogens is 1. The Morgan fingerprint density at radius 2 is 1.92 bits per heavy atom. The number of benzene rings is 1. The molecule has 124 valence electrons. The van der Waals surface area contributed by atoms with Gasteiger partial charge in [-0.3, -0.25) is 9.89 Å². The SMILES string of the molecule is CC(C)c1nc(-c2cccc(NC(=O)[C@@H](C)n3cccc3)c2)n[nH]1. The highest BCUT2D eigenvalue weighted by molar-refractivity contribution is 5.94. The van der Waals surface area contributed by atoms with Crippen molar-refractivity contribution in [1.82, 2.24) is 19.7 Å². The van der Waals surface area contributed by atoms with Gasteiger partial charge in [0.2, 0.25) is 5.91 Å². The van der Waals surface area contributed by atoms with Gasteiger partial charge in [-0.15, -0.1) is 0 Å². The van der Waals surface area contributed by atoms with Crippen LogP contribution in [-0.4, -0.2) is 25.7 Å². The van der Waals surface area contributed by atoms with Crippen LogP contribution in [0.2, 0.25) is 0 Å². The fraction of sp³-hybridized carbons (Fsp3) is 0.278. The first-order valence-corrected chi connectivity index (χ1v) is 8.00. The first-order valence-electron chi connectivity index (χ1n) is 8.00. The van der Waals surface area contributed by atoms with Crippen LogP contribution in [0.25, 0.3) is 11.4 Å². The summed E-state index contributed by atoms with van der Waals surface area (Å²) in [7, 11) is 0. The van der Waals surface area contributed by atoms with Gasteiger partial charge in [-0.2, -0.15) is 5.10 Å². The number of amides is 1. The first kappa shape index (κ1) is 16.0. The van der Waals surface area contributed by atoms with Gasteiger partial charge in [0.1, 0.15) is 11.9 Å². The van der Waals surface area contributed by atoms with E-state index in [0.717, 1.165) is 17.1 Å². The number of anilines is 1. The summed E-state index contributed by atoms with van der Waals surface area (Å²) in [5.41, 5.74) is 1.59. The molecule has 0 spiro atoms. The van der Waals surface area contributed by atoms with Gasteiger partial charge in [0.25, 0.3) is 0 Å². The zero-order valence-electron chi connectivity index (χ0n) is 14.0. The van der Waals surface area contributed by atoms with E-state index >= 15 is 0 Å². The van der Waals surface area contributed by atoms with Crippen LogP contribution in [0.5, 0.6) is 0 Å². The quantitative estimate of drug-likeness (QED) is 0.753. The van der Waals surface area contributed by atoms with Crippen molar-refractivity contribution in [3.63, 3.8) is 0 Å². The molecule has 1 aromatic carbocycles. The third-order valence-corrected chi connectivity index (χ3v) is 3.89. The average Bonchev–Trinajstić information content (AvgIpc) is 3.26. The van der Waals surface area contributed by atoms with Crippen molar-refractivity contribution in [2.24, 2.45) is 0 Å². The summed E-state index contributed by atoms with van der Waals surface area (Å²) in [6.07, 6.45) is 3.75. The molecule has 6 nitrogen and oxygen atoms in total. The largest absolute Gasteiger partial charge is 0.342 e. The van der Waals surface area contributed by atoms with Crippen LogP contribution in [0.15, 0.2) is 48.8 Å². The summed E-state index contributed by atoms with van der Waals surface area (Å²) in [5.74, 6) is 1.70. The molecule has 3 aromatic rings. The summed E-state index contributed by atoms with van der Waals surface area (Å²) in [4.78, 5) is 16.9. The van der Waals surface area contributed by atoms with Crippen molar-refractivity contribution in [3.05, 3.63) is 54.6 Å². The number of hydrogen-bond donors (Lipinski definition) is 2. The standard InChI is InChI=1S/C18H21N5O/c1-12(2)16-20-17(22-21-16)14-7-6-8-15(11-14)19-18(24)13(3)23-9-4-5-10-23/h4-13H,1-3H3,(H,19,24)(H,20,21,22)/t13-/m1/s1. The van der Waals surface area contributed by atoms with Crippen molar-refractivity contribution in [3.8, 4) is 11.4 Å². The lowest BCUT2D eigenvalue weighted by Gasteiger charge is -2.14. The number of aromatic nitrogens is 4. The van der Waals surface area contributed by atoms with Crippen LogP contribution >= 0.6 is 0 Å². The summed E-state index contributed by atoms with van der Waals surface area (Å²) in [6, 6.07) is 11.1. The Morgan fingerprint density at radius 1 is 1.17 bits per heavy atom. The van der Waals surface area contributed by atoms with Crippen LogP contribution in [0.1, 0.15) is 38.6 Å². The molecule has 2 heterocycles. The first-order chi connectivity index (χ1) is 11.5. The minimum absolute atomic E-state index is 0.0683. The lowest BCUT2D eigenvalue weighted by Crippen LogP contribution is -2.22. The summed E-state index contributed by atoms with van der Waals surface area (Å²) < 4.78 is 1.86. The monoisotopic (exact) mass is 323 g/mol. The van der Waals surface area contributed by atoms with Crippen LogP contribution < -0.4 is 5.32 Å². The lowest BCUT2D eigenvalue weighted by molar-refractivity contribution is -0.118. The van der Waals surface area contributed by atoms with Crippen molar-refractivity contribution >= 4 is 11.6 Å². The van der Waals surface area contributed by atoms with Crippen molar-refractivity contribution in [2.75, 3.05) is 5.32 Å². The Hall–Kier alpha value is -2.89. The molecule has 0 aliphatic rings. The summed E-state index contributed by atoms with van der Waals surface area (Å²) >= 11 is 0. The van der Waals surface area contributed by atoms with Gasteiger partial charge in [-0.1, -0.05) is 26.0 Å². The van der Waals surface area contributed by atoms with E-state index < -0.39 is 0 Å². The van der Waals surface area contributed by atoms with E-state index in [-0.39, 0.29) is 17.9 Å². The van der Waals surface area contributed by atoms with E-state index in [0.29, 0.717) is 5.82 Å². The van der Waals surface area contributed by atoms with Gasteiger partial charge in [-0.05, 0) is 31.2 Å². The molecule has 3 rings (SSSR count). The highest BCUT2D eigenvalue weighted by Crippen LogP contribution is 2.21. The van der Waals surface area contributed by atoms with E-state index in [4.69, 9.17) is 0 Å². The molecule has 0 fully saturated rings. The van der Waals surface area contributed by atoms with Gasteiger partial charge in [-0.25, -0.2) is 4.98 Å². The smallest absolute Gasteiger partial charge is 0.247 e. The van der Waals surface area contributed by atoms with Crippen LogP contribution in [0, 0.1) is 0 Å². The fourth-order valence-electron chi connectivity index (χ4n) is 2.39. The van der Waals surface area contributed by atoms with Gasteiger partial charge < -0.3 is 9.88 Å². The summed E-state index contributed by atoms with van der Waals surface area (Å²) in [6.45, 7) is 5.98. The molecular weight excluding hydrogens is 302 g/mol. The second-order valence-corrected chi connectivity index (χ2v) is 6.08. The number of rotatable bonds is 5. The second kappa shape index (κ2) is 6.70. The highest BCUT2D eigenvalue weighted by Gasteiger charge is 2.15. The predicted octanol–water partition coefficient (Wildman–Crippen LogP) is 3.60. The van der Waals surface area contributed by atoms with Crippen LogP contribution in [-0.2, 0) is 4.79 Å². The summed E-state index contributed by atoms with van der Waals surface area (Å²) in [5, 5.41) is 10.1. The molecule has 0 radical (unpaired) electrons. The molecule has 1 atom stereocenters. The predicted molar refractivity (Wildman–Crippen MR) is 93.7 cm³/mol. The number of aromatic amines is 1. The topological polar surface area (TPSA) is 75.6 Å². The average molecular weight is 323 g/mol. The van der Waals surface area contributed by atoms with E-state index in [1.807, 2.05) is 60.3 Å². The van der Waals surface area contributed by atoms with E-state index in [1.54, 1.807) is 0 Å². The minimum atomic E-state index is -0.278. The Labute approximate surface area is 140 Å². The molecule has 2 aromatic heterocycles. The Balaban J connectivity index is 1.76. The second-order valence-electron chi connectivity index (χ2n) is 6.08. The normalized spacial score (nSPS) is 12.3. The van der Waals surface area contributed by atoms with Crippen LogP contribution in [0.3, 0.4) is 0 Å². The molecule has 1 amide bonds. The molecule has 0 aliphatic carbocycles. The van der Waals surface area contributed by atoms with Gasteiger partial charge in [0.15, 0.2) is 5.82 Å². The maximum atomic E-state index is 12.4. The molecule has 24 heavy (non-hydrogen) atoms. The zero-order chi connectivity index (χ0) is 17.1. The molecule has 0 unspecified atom stereocenters. The highest BCUT2D eigenvalue weighted by atomic mass is 16.2. The molecule has 6 heteroatoms. The maximum absolute atomic E-state index is 12.4. The van der Waals surface area contributed by atoms with E-state index in [2.05, 4.69) is 34.3 Å².